The summed E-state index contributed by atoms with van der Waals surface area (Å²) >= 11 is 0. The first-order valence-corrected chi connectivity index (χ1v) is 11.9. The van der Waals surface area contributed by atoms with Crippen LogP contribution in [0.15, 0.2) is 18.3 Å². The molecule has 9 nitrogen and oxygen atoms in total. The summed E-state index contributed by atoms with van der Waals surface area (Å²) < 4.78 is 47.3. The summed E-state index contributed by atoms with van der Waals surface area (Å²) in [5.74, 6) is -0.185. The number of nitrogens with zero attached hydrogens (tertiary/aromatic N) is 6. The highest BCUT2D eigenvalue weighted by Gasteiger charge is 2.42. The topological polar surface area (TPSA) is 93.5 Å². The quantitative estimate of drug-likeness (QED) is 0.612. The number of rotatable bonds is 6. The van der Waals surface area contributed by atoms with E-state index < -0.39 is 23.3 Å². The van der Waals surface area contributed by atoms with Crippen molar-refractivity contribution in [3.05, 3.63) is 29.6 Å². The lowest BCUT2D eigenvalue weighted by Crippen LogP contribution is -2.50. The van der Waals surface area contributed by atoms with E-state index >= 15 is 0 Å². The Morgan fingerprint density at radius 1 is 1.03 bits per heavy atom. The summed E-state index contributed by atoms with van der Waals surface area (Å²) in [6.07, 6.45) is 3.47. The summed E-state index contributed by atoms with van der Waals surface area (Å²) in [5.41, 5.74) is -1.78. The number of alkyl halides is 3. The van der Waals surface area contributed by atoms with Crippen LogP contribution in [-0.4, -0.2) is 74.9 Å². The summed E-state index contributed by atoms with van der Waals surface area (Å²) in [6.45, 7) is 0.932. The Morgan fingerprint density at radius 2 is 1.71 bits per heavy atom. The van der Waals surface area contributed by atoms with E-state index in [1.165, 1.54) is 56.2 Å². The van der Waals surface area contributed by atoms with Crippen LogP contribution in [-0.2, 0) is 11.0 Å². The molecule has 2 fully saturated rings. The maximum Gasteiger partial charge on any atom is 0.434 e. The first kappa shape index (κ1) is 24.9. The largest absolute Gasteiger partial charge is 0.480 e. The van der Waals surface area contributed by atoms with Gasteiger partial charge in [-0.2, -0.15) is 18.3 Å². The molecular weight excluding hydrogens is 465 g/mol. The van der Waals surface area contributed by atoms with Gasteiger partial charge < -0.3 is 14.5 Å². The van der Waals surface area contributed by atoms with Crippen molar-refractivity contribution in [3.63, 3.8) is 0 Å². The van der Waals surface area contributed by atoms with Gasteiger partial charge in [-0.15, -0.1) is 10.2 Å². The fourth-order valence-electron chi connectivity index (χ4n) is 4.78. The molecule has 1 aliphatic carbocycles. The van der Waals surface area contributed by atoms with Gasteiger partial charge in [-0.3, -0.25) is 9.59 Å². The van der Waals surface area contributed by atoms with Crippen molar-refractivity contribution in [3.8, 4) is 11.7 Å². The van der Waals surface area contributed by atoms with Crippen molar-refractivity contribution in [1.29, 1.82) is 0 Å². The van der Waals surface area contributed by atoms with E-state index in [1.807, 2.05) is 0 Å². The second-order valence-electron chi connectivity index (χ2n) is 8.97. The lowest BCUT2D eigenvalue weighted by atomic mass is 9.86. The maximum absolute atomic E-state index is 13.9. The normalized spacial score (nSPS) is 17.5. The van der Waals surface area contributed by atoms with Gasteiger partial charge in [0.2, 0.25) is 11.8 Å². The van der Waals surface area contributed by atoms with E-state index in [2.05, 4.69) is 15.3 Å². The van der Waals surface area contributed by atoms with E-state index in [9.17, 15) is 22.8 Å². The fraction of sp³-hybridized carbons (Fsp3) is 0.609. The molecule has 2 aliphatic rings. The highest BCUT2D eigenvalue weighted by molar-refractivity contribution is 5.95. The average Bonchev–Trinajstić information content (AvgIpc) is 3.34. The molecule has 4 rings (SSSR count). The Bertz CT molecular complexity index is 1030. The lowest BCUT2D eigenvalue weighted by molar-refractivity contribution is -0.143. The van der Waals surface area contributed by atoms with Crippen LogP contribution in [0.5, 0.6) is 5.88 Å². The summed E-state index contributed by atoms with van der Waals surface area (Å²) in [4.78, 5) is 28.7. The van der Waals surface area contributed by atoms with Gasteiger partial charge in [-0.1, -0.05) is 32.1 Å². The number of hydrogen-bond donors (Lipinski definition) is 0. The van der Waals surface area contributed by atoms with Crippen molar-refractivity contribution in [2.24, 2.45) is 5.92 Å². The molecule has 0 radical (unpaired) electrons. The van der Waals surface area contributed by atoms with E-state index in [-0.39, 0.29) is 30.7 Å². The van der Waals surface area contributed by atoms with Crippen LogP contribution >= 0.6 is 0 Å². The molecule has 12 heteroatoms. The third-order valence-corrected chi connectivity index (χ3v) is 6.73. The smallest absolute Gasteiger partial charge is 0.434 e. The number of halogens is 3. The van der Waals surface area contributed by atoms with Crippen molar-refractivity contribution >= 4 is 11.8 Å². The molecule has 190 valence electrons. The van der Waals surface area contributed by atoms with Gasteiger partial charge in [0.1, 0.15) is 0 Å². The minimum Gasteiger partial charge on any atom is -0.480 e. The average molecular weight is 495 g/mol. The van der Waals surface area contributed by atoms with Gasteiger partial charge in [-0.05, 0) is 18.4 Å². The highest BCUT2D eigenvalue weighted by atomic mass is 19.4. The first-order valence-electron chi connectivity index (χ1n) is 11.9. The zero-order valence-corrected chi connectivity index (χ0v) is 19.6. The molecule has 0 bridgehead atoms. The lowest BCUT2D eigenvalue weighted by Gasteiger charge is -2.35. The molecule has 0 aromatic carbocycles. The molecule has 3 heterocycles. The SMILES string of the molecule is COc1ccc(-n2ncc(C(=O)N3CCN(C(=O)CCC4CCCCC4)CC3)c2C(F)(F)F)nn1. The van der Waals surface area contributed by atoms with Gasteiger partial charge in [0.15, 0.2) is 11.5 Å². The molecule has 2 aromatic heterocycles. The third kappa shape index (κ3) is 5.73. The molecule has 35 heavy (non-hydrogen) atoms. The molecular formula is C23H29F3N6O3. The third-order valence-electron chi connectivity index (χ3n) is 6.73. The Kier molecular flexibility index (Phi) is 7.56. The fourth-order valence-corrected chi connectivity index (χ4v) is 4.78. The van der Waals surface area contributed by atoms with Crippen LogP contribution < -0.4 is 4.74 Å². The Hall–Kier alpha value is -3.18. The van der Waals surface area contributed by atoms with E-state index in [4.69, 9.17) is 4.74 Å². The molecule has 0 spiro atoms. The van der Waals surface area contributed by atoms with Crippen molar-refractivity contribution in [2.45, 2.75) is 51.1 Å². The van der Waals surface area contributed by atoms with Gasteiger partial charge in [0.25, 0.3) is 5.91 Å². The Morgan fingerprint density at radius 3 is 2.31 bits per heavy atom. The van der Waals surface area contributed by atoms with E-state index in [0.29, 0.717) is 30.1 Å². The number of ether oxygens (including phenoxy) is 1. The highest BCUT2D eigenvalue weighted by Crippen LogP contribution is 2.34. The van der Waals surface area contributed by atoms with Crippen molar-refractivity contribution in [1.82, 2.24) is 29.8 Å². The standard InChI is InChI=1S/C23H29F3N6O3/c1-35-19-9-8-18(28-29-19)32-21(23(24,25)26)17(15-27-32)22(34)31-13-11-30(12-14-31)20(33)10-7-16-5-3-2-4-6-16/h8-9,15-16H,2-7,10-14H2,1H3. The molecule has 2 aromatic rings. The van der Waals surface area contributed by atoms with Gasteiger partial charge in [0.05, 0.1) is 18.9 Å². The predicted octanol–water partition coefficient (Wildman–Crippen LogP) is 3.33. The monoisotopic (exact) mass is 494 g/mol. The molecule has 1 aliphatic heterocycles. The van der Waals surface area contributed by atoms with Crippen LogP contribution in [0.3, 0.4) is 0 Å². The maximum atomic E-state index is 13.9. The molecule has 1 saturated heterocycles. The second kappa shape index (κ2) is 10.6. The molecule has 0 unspecified atom stereocenters. The molecule has 0 N–H and O–H groups in total. The molecule has 1 saturated carbocycles. The Balaban J connectivity index is 1.41. The van der Waals surface area contributed by atoms with Crippen LogP contribution in [0.2, 0.25) is 0 Å². The van der Waals surface area contributed by atoms with Crippen LogP contribution in [0.1, 0.15) is 61.0 Å². The van der Waals surface area contributed by atoms with Gasteiger partial charge in [0, 0.05) is 38.7 Å². The van der Waals surface area contributed by atoms with Crippen LogP contribution in [0.4, 0.5) is 13.2 Å². The van der Waals surface area contributed by atoms with Crippen molar-refractivity contribution < 1.29 is 27.5 Å². The van der Waals surface area contributed by atoms with E-state index in [1.54, 1.807) is 4.90 Å². The zero-order chi connectivity index (χ0) is 25.0. The summed E-state index contributed by atoms with van der Waals surface area (Å²) in [5, 5.41) is 11.2. The minimum absolute atomic E-state index is 0.0459. The second-order valence-corrected chi connectivity index (χ2v) is 8.97. The van der Waals surface area contributed by atoms with Crippen LogP contribution in [0.25, 0.3) is 5.82 Å². The number of amides is 2. The number of carbonyl (C=O) groups excluding carboxylic acids is 2. The number of piperazine rings is 1. The van der Waals surface area contributed by atoms with Crippen LogP contribution in [0, 0.1) is 5.92 Å². The number of aromatic nitrogens is 4. The predicted molar refractivity (Wildman–Crippen MR) is 119 cm³/mol. The number of hydrogen-bond acceptors (Lipinski definition) is 6. The molecule has 0 atom stereocenters. The van der Waals surface area contributed by atoms with Crippen molar-refractivity contribution in [2.75, 3.05) is 33.3 Å². The molecule has 2 amide bonds. The number of carbonyl (C=O) groups is 2. The first-order chi connectivity index (χ1) is 16.8. The summed E-state index contributed by atoms with van der Waals surface area (Å²) in [7, 11) is 1.36. The Labute approximate surface area is 201 Å². The van der Waals surface area contributed by atoms with Gasteiger partial charge >= 0.3 is 6.18 Å². The summed E-state index contributed by atoms with van der Waals surface area (Å²) in [6, 6.07) is 2.64. The minimum atomic E-state index is -4.85. The number of methoxy groups -OCH3 is 1. The van der Waals surface area contributed by atoms with Gasteiger partial charge in [-0.25, -0.2) is 4.68 Å². The zero-order valence-electron chi connectivity index (χ0n) is 19.6. The van der Waals surface area contributed by atoms with E-state index in [0.717, 1.165) is 12.6 Å².